The number of benzene rings is 2. The topological polar surface area (TPSA) is 37.3 Å². The number of rotatable bonds is 4. The van der Waals surface area contributed by atoms with E-state index in [1.165, 1.54) is 0 Å². The van der Waals surface area contributed by atoms with E-state index in [2.05, 4.69) is 0 Å². The molecule has 0 atom stereocenters. The van der Waals surface area contributed by atoms with Crippen LogP contribution in [0.2, 0.25) is 0 Å². The van der Waals surface area contributed by atoms with Crippen LogP contribution < -0.4 is 0 Å². The largest absolute Gasteiger partial charge is 0.508 e. The second-order valence-corrected chi connectivity index (χ2v) is 4.27. The van der Waals surface area contributed by atoms with E-state index < -0.39 is 0 Å². The summed E-state index contributed by atoms with van der Waals surface area (Å²) in [7, 11) is 0. The molecule has 2 heteroatoms. The van der Waals surface area contributed by atoms with Crippen LogP contribution >= 0.6 is 0 Å². The summed E-state index contributed by atoms with van der Waals surface area (Å²) in [5.74, 6) is 0.400. The van der Waals surface area contributed by atoms with E-state index in [4.69, 9.17) is 0 Å². The number of hydrogen-bond donors (Lipinski definition) is 1. The van der Waals surface area contributed by atoms with Crippen molar-refractivity contribution in [2.45, 2.75) is 19.8 Å². The van der Waals surface area contributed by atoms with Gasteiger partial charge in [0.1, 0.15) is 5.75 Å². The van der Waals surface area contributed by atoms with Gasteiger partial charge in [0.05, 0.1) is 0 Å². The van der Waals surface area contributed by atoms with Crippen LogP contribution in [0.1, 0.15) is 30.1 Å². The number of Topliss-reactive ketones (excluding diaryl/α,β-unsaturated/α-hetero) is 1. The zero-order valence-electron chi connectivity index (χ0n) is 10.4. The molecule has 0 radical (unpaired) electrons. The molecule has 1 N–H and O–H groups in total. The van der Waals surface area contributed by atoms with Crippen molar-refractivity contribution in [2.24, 2.45) is 0 Å². The minimum Gasteiger partial charge on any atom is -0.508 e. The first kappa shape index (κ1) is 12.4. The van der Waals surface area contributed by atoms with Crippen LogP contribution in [0.4, 0.5) is 0 Å². The lowest BCUT2D eigenvalue weighted by Crippen LogP contribution is -2.00. The Labute approximate surface area is 107 Å². The van der Waals surface area contributed by atoms with E-state index in [9.17, 15) is 9.90 Å². The van der Waals surface area contributed by atoms with Crippen LogP contribution in [0.3, 0.4) is 0 Å². The molecule has 0 unspecified atom stereocenters. The van der Waals surface area contributed by atoms with Crippen LogP contribution in [-0.4, -0.2) is 10.9 Å². The van der Waals surface area contributed by atoms with Gasteiger partial charge < -0.3 is 5.11 Å². The van der Waals surface area contributed by atoms with Gasteiger partial charge in [-0.25, -0.2) is 0 Å². The van der Waals surface area contributed by atoms with Gasteiger partial charge in [0, 0.05) is 12.0 Å². The summed E-state index contributed by atoms with van der Waals surface area (Å²) in [5.41, 5.74) is 2.63. The Morgan fingerprint density at radius 3 is 2.39 bits per heavy atom. The van der Waals surface area contributed by atoms with Crippen LogP contribution in [-0.2, 0) is 0 Å². The van der Waals surface area contributed by atoms with Gasteiger partial charge in [-0.05, 0) is 29.7 Å². The van der Waals surface area contributed by atoms with E-state index >= 15 is 0 Å². The number of carbonyl (C=O) groups is 1. The molecule has 0 aromatic heterocycles. The maximum atomic E-state index is 12.1. The highest BCUT2D eigenvalue weighted by atomic mass is 16.3. The van der Waals surface area contributed by atoms with Crippen molar-refractivity contribution in [1.82, 2.24) is 0 Å². The molecule has 92 valence electrons. The third kappa shape index (κ3) is 2.59. The molecule has 0 fully saturated rings. The summed E-state index contributed by atoms with van der Waals surface area (Å²) in [5, 5.41) is 9.30. The van der Waals surface area contributed by atoms with Gasteiger partial charge in [-0.2, -0.15) is 0 Å². The first-order chi connectivity index (χ1) is 8.72. The Morgan fingerprint density at radius 1 is 1.06 bits per heavy atom. The van der Waals surface area contributed by atoms with Crippen molar-refractivity contribution < 1.29 is 9.90 Å². The van der Waals surface area contributed by atoms with Gasteiger partial charge in [0.25, 0.3) is 0 Å². The summed E-state index contributed by atoms with van der Waals surface area (Å²) in [6, 6.07) is 14.5. The average molecular weight is 240 g/mol. The molecule has 2 aromatic rings. The van der Waals surface area contributed by atoms with Crippen molar-refractivity contribution in [2.75, 3.05) is 0 Å². The van der Waals surface area contributed by atoms with Crippen molar-refractivity contribution in [3.05, 3.63) is 54.1 Å². The number of hydrogen-bond acceptors (Lipinski definition) is 2. The molecule has 18 heavy (non-hydrogen) atoms. The monoisotopic (exact) mass is 240 g/mol. The molecule has 2 nitrogen and oxygen atoms in total. The van der Waals surface area contributed by atoms with Crippen LogP contribution in [0.15, 0.2) is 48.5 Å². The van der Waals surface area contributed by atoms with Crippen molar-refractivity contribution in [1.29, 1.82) is 0 Å². The van der Waals surface area contributed by atoms with Gasteiger partial charge in [0.2, 0.25) is 0 Å². The highest BCUT2D eigenvalue weighted by Crippen LogP contribution is 2.26. The highest BCUT2D eigenvalue weighted by molar-refractivity contribution is 6.02. The number of aromatic hydroxyl groups is 1. The highest BCUT2D eigenvalue weighted by Gasteiger charge is 2.11. The number of phenols is 1. The third-order valence-corrected chi connectivity index (χ3v) is 2.88. The molecule has 0 saturated carbocycles. The number of phenolic OH excluding ortho intramolecular Hbond substituents is 1. The van der Waals surface area contributed by atoms with Gasteiger partial charge in [0.15, 0.2) is 5.78 Å². The lowest BCUT2D eigenvalue weighted by atomic mass is 9.95. The first-order valence-electron chi connectivity index (χ1n) is 6.14. The number of carbonyl (C=O) groups excluding carboxylic acids is 1. The standard InChI is InChI=1S/C16H16O2/c1-2-5-16(18)15-7-4-3-6-14(15)12-8-10-13(17)11-9-12/h3-4,6-11,17H,2,5H2,1H3. The summed E-state index contributed by atoms with van der Waals surface area (Å²) in [4.78, 5) is 12.1. The molecule has 0 saturated heterocycles. The first-order valence-corrected chi connectivity index (χ1v) is 6.14. The van der Waals surface area contributed by atoms with Gasteiger partial charge >= 0.3 is 0 Å². The minimum atomic E-state index is 0.168. The summed E-state index contributed by atoms with van der Waals surface area (Å²) >= 11 is 0. The normalized spacial score (nSPS) is 10.3. The Balaban J connectivity index is 2.44. The van der Waals surface area contributed by atoms with E-state index in [1.807, 2.05) is 43.3 Å². The van der Waals surface area contributed by atoms with E-state index in [1.54, 1.807) is 12.1 Å². The van der Waals surface area contributed by atoms with E-state index in [-0.39, 0.29) is 11.5 Å². The van der Waals surface area contributed by atoms with Crippen LogP contribution in [0.5, 0.6) is 5.75 Å². The fourth-order valence-corrected chi connectivity index (χ4v) is 1.98. The molecule has 0 aliphatic rings. The second-order valence-electron chi connectivity index (χ2n) is 4.27. The van der Waals surface area contributed by atoms with E-state index in [0.29, 0.717) is 6.42 Å². The Morgan fingerprint density at radius 2 is 1.72 bits per heavy atom. The lowest BCUT2D eigenvalue weighted by Gasteiger charge is -2.08. The summed E-state index contributed by atoms with van der Waals surface area (Å²) < 4.78 is 0. The maximum absolute atomic E-state index is 12.1. The van der Waals surface area contributed by atoms with Gasteiger partial charge in [-0.15, -0.1) is 0 Å². The zero-order valence-corrected chi connectivity index (χ0v) is 10.4. The SMILES string of the molecule is CCCC(=O)c1ccccc1-c1ccc(O)cc1. The van der Waals surface area contributed by atoms with Crippen molar-refractivity contribution >= 4 is 5.78 Å². The van der Waals surface area contributed by atoms with Gasteiger partial charge in [-0.3, -0.25) is 4.79 Å². The molecular formula is C16H16O2. The fourth-order valence-electron chi connectivity index (χ4n) is 1.98. The van der Waals surface area contributed by atoms with E-state index in [0.717, 1.165) is 23.1 Å². The average Bonchev–Trinajstić information content (AvgIpc) is 2.40. The molecule has 0 aliphatic heterocycles. The smallest absolute Gasteiger partial charge is 0.163 e. The predicted octanol–water partition coefficient (Wildman–Crippen LogP) is 4.04. The van der Waals surface area contributed by atoms with Crippen LogP contribution in [0, 0.1) is 0 Å². The molecule has 0 bridgehead atoms. The maximum Gasteiger partial charge on any atom is 0.163 e. The fraction of sp³-hybridized carbons (Fsp3) is 0.188. The summed E-state index contributed by atoms with van der Waals surface area (Å²) in [6.07, 6.45) is 1.41. The molecule has 0 heterocycles. The molecule has 2 aromatic carbocycles. The molecular weight excluding hydrogens is 224 g/mol. The Kier molecular flexibility index (Phi) is 3.78. The predicted molar refractivity (Wildman–Crippen MR) is 72.8 cm³/mol. The second kappa shape index (κ2) is 5.50. The molecule has 0 aliphatic carbocycles. The Hall–Kier alpha value is -2.09. The summed E-state index contributed by atoms with van der Waals surface area (Å²) in [6.45, 7) is 2.00. The minimum absolute atomic E-state index is 0.168. The van der Waals surface area contributed by atoms with Crippen LogP contribution in [0.25, 0.3) is 11.1 Å². The van der Waals surface area contributed by atoms with Gasteiger partial charge in [-0.1, -0.05) is 43.3 Å². The molecule has 0 amide bonds. The third-order valence-electron chi connectivity index (χ3n) is 2.88. The van der Waals surface area contributed by atoms with Crippen molar-refractivity contribution in [3.8, 4) is 16.9 Å². The lowest BCUT2D eigenvalue weighted by molar-refractivity contribution is 0.0982. The zero-order chi connectivity index (χ0) is 13.0. The Bertz CT molecular complexity index is 541. The molecule has 0 spiro atoms. The number of ketones is 1. The van der Waals surface area contributed by atoms with Crippen molar-refractivity contribution in [3.63, 3.8) is 0 Å². The quantitative estimate of drug-likeness (QED) is 0.819. The molecule has 2 rings (SSSR count).